The average Bonchev–Trinajstić information content (AvgIpc) is 4.35. The number of furan rings is 2. The maximum Gasteiger partial charge on any atom is 0.417 e. The smallest absolute Gasteiger partial charge is 0.417 e. The number of benzene rings is 14. The van der Waals surface area contributed by atoms with E-state index in [2.05, 4.69) is 133 Å². The molecule has 0 amide bonds. The molecule has 0 radical (unpaired) electrons. The molecule has 0 saturated heterocycles. The van der Waals surface area contributed by atoms with Gasteiger partial charge in [0.25, 0.3) is 0 Å². The third kappa shape index (κ3) is 7.11. The maximum atomic E-state index is 16.3. The summed E-state index contributed by atoms with van der Waals surface area (Å²) in [5.74, 6) is 0. The second-order valence-electron chi connectivity index (χ2n) is 21.0. The molecule has 0 aliphatic carbocycles. The predicted octanol–water partition coefficient (Wildman–Crippen LogP) is 22.3. The van der Waals surface area contributed by atoms with Gasteiger partial charge in [0, 0.05) is 60.2 Å². The Morgan fingerprint density at radius 2 is 0.704 bits per heavy atom. The van der Waals surface area contributed by atoms with Gasteiger partial charge in [0.15, 0.2) is 11.2 Å². The summed E-state index contributed by atoms with van der Waals surface area (Å²) >= 11 is 0. The molecule has 0 N–H and O–H groups in total. The highest BCUT2D eigenvalue weighted by Gasteiger charge is 2.37. The highest BCUT2D eigenvalue weighted by molar-refractivity contribution is 6.31. The van der Waals surface area contributed by atoms with Gasteiger partial charge in [0.05, 0.1) is 28.3 Å². The summed E-state index contributed by atoms with van der Waals surface area (Å²) in [5.41, 5.74) is 11.0. The fourth-order valence-electron chi connectivity index (χ4n) is 13.0. The Labute approximate surface area is 462 Å². The summed E-state index contributed by atoms with van der Waals surface area (Å²) in [7, 11) is 0. The van der Waals surface area contributed by atoms with Gasteiger partial charge in [-0.1, -0.05) is 194 Å². The Morgan fingerprint density at radius 1 is 0.309 bits per heavy atom. The molecule has 16 aromatic rings. The van der Waals surface area contributed by atoms with E-state index in [1.165, 1.54) is 6.07 Å². The number of para-hydroxylation sites is 4. The third-order valence-electron chi connectivity index (χ3n) is 16.5. The standard InChI is InChI=1S/C74H45F3N2O2/c1-44-40-64(78(49-26-10-4-11-27-49)62-34-18-32-57-68-52-30-16-14-24-47(52)41-59(72(68)80-70(57)62)45-20-6-2-7-21-45)55-39-37-54-61(74(75,76)77)43-65(56-38-36-51(44)66(55)67(54)56)79(50-28-12-5-13-29-50)63-35-19-33-58-69-53-31-17-15-25-48(53)42-60(73(69)81-71(58)63)46-22-8-3-9-23-46/h2-43H,1H3. The molecule has 14 aromatic carbocycles. The lowest BCUT2D eigenvalue weighted by molar-refractivity contribution is -0.136. The normalized spacial score (nSPS) is 12.2. The van der Waals surface area contributed by atoms with Gasteiger partial charge in [0.1, 0.15) is 11.2 Å². The van der Waals surface area contributed by atoms with Crippen LogP contribution in [-0.2, 0) is 6.18 Å². The van der Waals surface area contributed by atoms with E-state index in [0.717, 1.165) is 110 Å². The van der Waals surface area contributed by atoms with Crippen LogP contribution in [0.25, 0.3) is 120 Å². The summed E-state index contributed by atoms with van der Waals surface area (Å²) in [5, 5.41) is 11.7. The number of anilines is 6. The lowest BCUT2D eigenvalue weighted by Gasteiger charge is -2.30. The van der Waals surface area contributed by atoms with Gasteiger partial charge in [-0.2, -0.15) is 13.2 Å². The highest BCUT2D eigenvalue weighted by Crippen LogP contribution is 2.54. The van der Waals surface area contributed by atoms with E-state index in [-0.39, 0.29) is 5.39 Å². The zero-order chi connectivity index (χ0) is 54.1. The Kier molecular flexibility index (Phi) is 10.3. The molecule has 0 unspecified atom stereocenters. The first-order chi connectivity index (χ1) is 39.8. The monoisotopic (exact) mass is 1050 g/mol. The Morgan fingerprint density at radius 3 is 1.19 bits per heavy atom. The van der Waals surface area contributed by atoms with Crippen LogP contribution in [0, 0.1) is 6.92 Å². The quantitative estimate of drug-likeness (QED) is 0.142. The average molecular weight is 1050 g/mol. The molecular formula is C74H45F3N2O2. The molecule has 384 valence electrons. The first-order valence-corrected chi connectivity index (χ1v) is 27.1. The van der Waals surface area contributed by atoms with Gasteiger partial charge < -0.3 is 18.6 Å². The van der Waals surface area contributed by atoms with Crippen LogP contribution in [0.5, 0.6) is 0 Å². The van der Waals surface area contributed by atoms with E-state index in [1.54, 1.807) is 6.07 Å². The molecule has 7 heteroatoms. The molecule has 0 aliphatic heterocycles. The molecule has 0 fully saturated rings. The number of halogens is 3. The molecule has 0 aliphatic rings. The van der Waals surface area contributed by atoms with E-state index in [0.29, 0.717) is 44.6 Å². The van der Waals surface area contributed by atoms with Crippen molar-refractivity contribution in [2.45, 2.75) is 13.1 Å². The van der Waals surface area contributed by atoms with Crippen LogP contribution >= 0.6 is 0 Å². The number of hydrogen-bond acceptors (Lipinski definition) is 4. The minimum Gasteiger partial charge on any atom is -0.453 e. The van der Waals surface area contributed by atoms with Gasteiger partial charge in [-0.15, -0.1) is 0 Å². The Balaban J connectivity index is 0.985. The number of nitrogens with zero attached hydrogens (tertiary/aromatic N) is 2. The summed E-state index contributed by atoms with van der Waals surface area (Å²) in [6, 6.07) is 84.8. The van der Waals surface area contributed by atoms with Crippen molar-refractivity contribution in [3.63, 3.8) is 0 Å². The summed E-state index contributed by atoms with van der Waals surface area (Å²) in [4.78, 5) is 4.17. The van der Waals surface area contributed by atoms with Gasteiger partial charge in [-0.3, -0.25) is 0 Å². The first-order valence-electron chi connectivity index (χ1n) is 27.1. The molecule has 2 heterocycles. The topological polar surface area (TPSA) is 32.8 Å². The van der Waals surface area contributed by atoms with Crippen molar-refractivity contribution in [1.82, 2.24) is 0 Å². The zero-order valence-corrected chi connectivity index (χ0v) is 43.6. The van der Waals surface area contributed by atoms with E-state index in [4.69, 9.17) is 8.83 Å². The fraction of sp³-hybridized carbons (Fsp3) is 0.0270. The molecule has 4 nitrogen and oxygen atoms in total. The molecule has 0 saturated carbocycles. The van der Waals surface area contributed by atoms with Crippen molar-refractivity contribution < 1.29 is 22.0 Å². The van der Waals surface area contributed by atoms with E-state index in [9.17, 15) is 0 Å². The largest absolute Gasteiger partial charge is 0.453 e. The van der Waals surface area contributed by atoms with Crippen molar-refractivity contribution in [3.8, 4) is 22.3 Å². The molecule has 2 aromatic heterocycles. The lowest BCUT2D eigenvalue weighted by Crippen LogP contribution is -2.14. The number of rotatable bonds is 8. The lowest BCUT2D eigenvalue weighted by atomic mass is 9.87. The number of fused-ring (bicyclic) bond motifs is 10. The molecule has 0 spiro atoms. The van der Waals surface area contributed by atoms with Crippen LogP contribution in [0.2, 0.25) is 0 Å². The van der Waals surface area contributed by atoms with Crippen LogP contribution in [-0.4, -0.2) is 0 Å². The van der Waals surface area contributed by atoms with Crippen LogP contribution in [0.15, 0.2) is 264 Å². The summed E-state index contributed by atoms with van der Waals surface area (Å²) < 4.78 is 63.3. The Bertz CT molecular complexity index is 5170. The van der Waals surface area contributed by atoms with Crippen molar-refractivity contribution in [2.24, 2.45) is 0 Å². The molecular weight excluding hydrogens is 1010 g/mol. The second-order valence-corrected chi connectivity index (χ2v) is 21.0. The summed E-state index contributed by atoms with van der Waals surface area (Å²) in [6.45, 7) is 2.05. The molecule has 81 heavy (non-hydrogen) atoms. The number of alkyl halides is 3. The molecule has 0 atom stereocenters. The third-order valence-corrected chi connectivity index (χ3v) is 16.5. The van der Waals surface area contributed by atoms with Crippen LogP contribution in [0.1, 0.15) is 11.1 Å². The van der Waals surface area contributed by atoms with Gasteiger partial charge >= 0.3 is 6.18 Å². The van der Waals surface area contributed by atoms with Crippen LogP contribution in [0.3, 0.4) is 0 Å². The summed E-state index contributed by atoms with van der Waals surface area (Å²) in [6.07, 6.45) is -4.73. The molecule has 0 bridgehead atoms. The van der Waals surface area contributed by atoms with Gasteiger partial charge in [-0.05, 0) is 122 Å². The minimum atomic E-state index is -4.73. The number of hydrogen-bond donors (Lipinski definition) is 0. The van der Waals surface area contributed by atoms with Crippen molar-refractivity contribution >= 4 is 132 Å². The second kappa shape index (κ2) is 17.8. The SMILES string of the molecule is Cc1cc(N(c2ccccc2)c2cccc3c2oc2c(-c4ccccc4)cc4ccccc4c23)c2ccc3c(C(F)(F)F)cc(N(c4ccccc4)c4cccc5c4oc4c(-c6ccccc6)cc6ccccc6c45)c4ccc1c2c43. The van der Waals surface area contributed by atoms with Crippen LogP contribution in [0.4, 0.5) is 47.3 Å². The van der Waals surface area contributed by atoms with E-state index >= 15 is 13.2 Å². The minimum absolute atomic E-state index is 0.121. The highest BCUT2D eigenvalue weighted by atomic mass is 19.4. The zero-order valence-electron chi connectivity index (χ0n) is 43.6. The first kappa shape index (κ1) is 46.7. The van der Waals surface area contributed by atoms with Crippen molar-refractivity contribution in [1.29, 1.82) is 0 Å². The number of aryl methyl sites for hydroxylation is 1. The van der Waals surface area contributed by atoms with E-state index < -0.39 is 11.7 Å². The molecule has 16 rings (SSSR count). The van der Waals surface area contributed by atoms with Gasteiger partial charge in [0.2, 0.25) is 0 Å². The van der Waals surface area contributed by atoms with Gasteiger partial charge in [-0.25, -0.2) is 0 Å². The van der Waals surface area contributed by atoms with E-state index in [1.807, 2.05) is 126 Å². The fourth-order valence-corrected chi connectivity index (χ4v) is 13.0. The van der Waals surface area contributed by atoms with Crippen molar-refractivity contribution in [2.75, 3.05) is 9.80 Å². The Hall–Kier alpha value is -10.4. The maximum absolute atomic E-state index is 16.3. The van der Waals surface area contributed by atoms with Crippen LogP contribution < -0.4 is 9.80 Å². The van der Waals surface area contributed by atoms with Crippen molar-refractivity contribution in [3.05, 3.63) is 266 Å². The predicted molar refractivity (Wildman–Crippen MR) is 330 cm³/mol.